The molecule has 2 N–H and O–H groups in total. The first-order valence-electron chi connectivity index (χ1n) is 6.28. The fourth-order valence-electron chi connectivity index (χ4n) is 1.52. The van der Waals surface area contributed by atoms with Gasteiger partial charge in [0.1, 0.15) is 11.6 Å². The molecule has 1 unspecified atom stereocenters. The summed E-state index contributed by atoms with van der Waals surface area (Å²) in [6.07, 6.45) is 0.566. The highest BCUT2D eigenvalue weighted by atomic mass is 16.6. The molecule has 0 aliphatic carbocycles. The Morgan fingerprint density at radius 2 is 2.19 bits per heavy atom. The maximum Gasteiger partial charge on any atom is 0.408 e. The number of carboxylic acid groups (broad SMARTS) is 1. The minimum Gasteiger partial charge on any atom is -0.480 e. The molecule has 0 radical (unpaired) electrons. The zero-order valence-electron chi connectivity index (χ0n) is 12.1. The molecular weight excluding hydrogens is 274 g/mol. The van der Waals surface area contributed by atoms with Crippen LogP contribution in [0.15, 0.2) is 18.3 Å². The fourth-order valence-corrected chi connectivity index (χ4v) is 1.52. The van der Waals surface area contributed by atoms with Crippen LogP contribution in [-0.2, 0) is 16.0 Å². The maximum atomic E-state index is 11.6. The van der Waals surface area contributed by atoms with E-state index in [-0.39, 0.29) is 6.42 Å². The summed E-state index contributed by atoms with van der Waals surface area (Å²) < 4.78 is 5.01. The molecule has 0 fully saturated rings. The van der Waals surface area contributed by atoms with Crippen molar-refractivity contribution in [1.82, 2.24) is 10.3 Å². The first kappa shape index (κ1) is 16.4. The van der Waals surface area contributed by atoms with E-state index in [0.29, 0.717) is 11.3 Å². The van der Waals surface area contributed by atoms with Crippen LogP contribution < -0.4 is 5.32 Å². The van der Waals surface area contributed by atoms with Gasteiger partial charge >= 0.3 is 12.1 Å². The molecule has 0 saturated heterocycles. The number of ether oxygens (including phenoxy) is 1. The highest BCUT2D eigenvalue weighted by Crippen LogP contribution is 2.08. The van der Waals surface area contributed by atoms with Crippen LogP contribution >= 0.6 is 0 Å². The van der Waals surface area contributed by atoms with E-state index in [2.05, 4.69) is 10.3 Å². The van der Waals surface area contributed by atoms with E-state index in [1.165, 1.54) is 18.3 Å². The van der Waals surface area contributed by atoms with Gasteiger partial charge in [-0.25, -0.2) is 9.59 Å². The number of carbonyl (C=O) groups excluding carboxylic acids is 1. The zero-order chi connectivity index (χ0) is 16.0. The molecule has 0 bridgehead atoms. The van der Waals surface area contributed by atoms with E-state index < -0.39 is 23.7 Å². The Bertz CT molecular complexity index is 572. The molecule has 112 valence electrons. The highest BCUT2D eigenvalue weighted by Gasteiger charge is 2.24. The van der Waals surface area contributed by atoms with E-state index in [4.69, 9.17) is 15.1 Å². The summed E-state index contributed by atoms with van der Waals surface area (Å²) in [6.45, 7) is 5.04. The Balaban J connectivity index is 2.77. The Hall–Kier alpha value is -2.62. The van der Waals surface area contributed by atoms with Crippen LogP contribution in [0.25, 0.3) is 0 Å². The number of amides is 1. The average Bonchev–Trinajstić information content (AvgIpc) is 2.36. The fraction of sp³-hybridized carbons (Fsp3) is 0.429. The number of alkyl carbamates (subject to hydrolysis) is 1. The van der Waals surface area contributed by atoms with Crippen LogP contribution in [0.1, 0.15) is 32.0 Å². The normalized spacial score (nSPS) is 12.1. The molecule has 1 amide bonds. The number of pyridine rings is 1. The van der Waals surface area contributed by atoms with Crippen molar-refractivity contribution in [1.29, 1.82) is 5.26 Å². The van der Waals surface area contributed by atoms with Gasteiger partial charge in [-0.15, -0.1) is 0 Å². The molecule has 1 aromatic rings. The quantitative estimate of drug-likeness (QED) is 0.868. The number of nitriles is 1. The van der Waals surface area contributed by atoms with Crippen LogP contribution in [0, 0.1) is 11.3 Å². The molecule has 1 atom stereocenters. The van der Waals surface area contributed by atoms with Crippen LogP contribution in [0.5, 0.6) is 0 Å². The van der Waals surface area contributed by atoms with Crippen molar-refractivity contribution in [2.45, 2.75) is 38.8 Å². The Labute approximate surface area is 122 Å². The second kappa shape index (κ2) is 6.70. The minimum atomic E-state index is -1.20. The molecule has 7 heteroatoms. The Morgan fingerprint density at radius 3 is 2.71 bits per heavy atom. The number of nitrogens with zero attached hydrogens (tertiary/aromatic N) is 2. The van der Waals surface area contributed by atoms with Crippen LogP contribution in [-0.4, -0.2) is 33.8 Å². The van der Waals surface area contributed by atoms with Gasteiger partial charge in [0.2, 0.25) is 0 Å². The monoisotopic (exact) mass is 291 g/mol. The van der Waals surface area contributed by atoms with Crippen molar-refractivity contribution in [2.75, 3.05) is 0 Å². The number of aliphatic carboxylic acids is 1. The standard InChI is InChI=1S/C14H17N3O4/c1-14(2,3)21-13(20)17-11(12(18)19)7-10-6-9(8-15)4-5-16-10/h4-6,11H,7H2,1-3H3,(H,17,20)(H,18,19). The summed E-state index contributed by atoms with van der Waals surface area (Å²) in [7, 11) is 0. The van der Waals surface area contributed by atoms with E-state index in [1.807, 2.05) is 6.07 Å². The van der Waals surface area contributed by atoms with Crippen LogP contribution in [0.4, 0.5) is 4.79 Å². The highest BCUT2D eigenvalue weighted by molar-refractivity contribution is 5.80. The first-order chi connectivity index (χ1) is 9.71. The number of aromatic nitrogens is 1. The van der Waals surface area contributed by atoms with Crippen LogP contribution in [0.3, 0.4) is 0 Å². The lowest BCUT2D eigenvalue weighted by molar-refractivity contribution is -0.139. The molecule has 0 aliphatic rings. The molecule has 1 aromatic heterocycles. The number of nitrogens with one attached hydrogen (secondary N) is 1. The van der Waals surface area contributed by atoms with Gasteiger partial charge in [0.05, 0.1) is 11.6 Å². The molecule has 7 nitrogen and oxygen atoms in total. The topological polar surface area (TPSA) is 112 Å². The van der Waals surface area contributed by atoms with Crippen molar-refractivity contribution >= 4 is 12.1 Å². The van der Waals surface area contributed by atoms with Crippen molar-refractivity contribution in [3.63, 3.8) is 0 Å². The van der Waals surface area contributed by atoms with Gasteiger partial charge in [0.15, 0.2) is 0 Å². The second-order valence-corrected chi connectivity index (χ2v) is 5.39. The summed E-state index contributed by atoms with van der Waals surface area (Å²) in [4.78, 5) is 26.8. The van der Waals surface area contributed by atoms with Gasteiger partial charge in [-0.2, -0.15) is 5.26 Å². The molecular formula is C14H17N3O4. The van der Waals surface area contributed by atoms with E-state index in [1.54, 1.807) is 20.8 Å². The predicted octanol–water partition coefficient (Wildman–Crippen LogP) is 1.47. The Morgan fingerprint density at radius 1 is 1.52 bits per heavy atom. The molecule has 0 aromatic carbocycles. The number of carbonyl (C=O) groups is 2. The molecule has 1 rings (SSSR count). The van der Waals surface area contributed by atoms with E-state index in [0.717, 1.165) is 0 Å². The lowest BCUT2D eigenvalue weighted by Crippen LogP contribution is -2.44. The zero-order valence-corrected chi connectivity index (χ0v) is 12.1. The van der Waals surface area contributed by atoms with E-state index >= 15 is 0 Å². The third-order valence-electron chi connectivity index (χ3n) is 2.35. The predicted molar refractivity (Wildman–Crippen MR) is 73.4 cm³/mol. The summed E-state index contributed by atoms with van der Waals surface area (Å²) in [5.74, 6) is -1.20. The lowest BCUT2D eigenvalue weighted by atomic mass is 10.1. The van der Waals surface area contributed by atoms with Gasteiger partial charge in [0, 0.05) is 18.3 Å². The summed E-state index contributed by atoms with van der Waals surface area (Å²) in [5.41, 5.74) is 0.0606. The molecule has 0 saturated carbocycles. The minimum absolute atomic E-state index is 0.0376. The van der Waals surface area contributed by atoms with Gasteiger partial charge in [0.25, 0.3) is 0 Å². The molecule has 21 heavy (non-hydrogen) atoms. The largest absolute Gasteiger partial charge is 0.480 e. The molecule has 0 spiro atoms. The SMILES string of the molecule is CC(C)(C)OC(=O)NC(Cc1cc(C#N)ccn1)C(=O)O. The number of hydrogen-bond donors (Lipinski definition) is 2. The number of hydrogen-bond acceptors (Lipinski definition) is 5. The third kappa shape index (κ3) is 5.91. The van der Waals surface area contributed by atoms with Crippen molar-refractivity contribution < 1.29 is 19.4 Å². The molecule has 1 heterocycles. The third-order valence-corrected chi connectivity index (χ3v) is 2.35. The molecule has 0 aliphatic heterocycles. The van der Waals surface area contributed by atoms with Gasteiger partial charge in [-0.1, -0.05) is 0 Å². The summed E-state index contributed by atoms with van der Waals surface area (Å²) >= 11 is 0. The number of rotatable bonds is 4. The van der Waals surface area contributed by atoms with Gasteiger partial charge in [-0.05, 0) is 32.9 Å². The average molecular weight is 291 g/mol. The second-order valence-electron chi connectivity index (χ2n) is 5.39. The van der Waals surface area contributed by atoms with Crippen LogP contribution in [0.2, 0.25) is 0 Å². The smallest absolute Gasteiger partial charge is 0.408 e. The number of carboxylic acids is 1. The first-order valence-corrected chi connectivity index (χ1v) is 6.28. The lowest BCUT2D eigenvalue weighted by Gasteiger charge is -2.21. The van der Waals surface area contributed by atoms with E-state index in [9.17, 15) is 9.59 Å². The maximum absolute atomic E-state index is 11.6. The summed E-state index contributed by atoms with van der Waals surface area (Å²) in [5, 5.41) is 20.2. The van der Waals surface area contributed by atoms with Crippen molar-refractivity contribution in [2.24, 2.45) is 0 Å². The Kier molecular flexibility index (Phi) is 5.24. The summed E-state index contributed by atoms with van der Waals surface area (Å²) in [6, 6.07) is 3.76. The van der Waals surface area contributed by atoms with Gasteiger partial charge < -0.3 is 15.2 Å². The van der Waals surface area contributed by atoms with Gasteiger partial charge in [-0.3, -0.25) is 4.98 Å². The van der Waals surface area contributed by atoms with Crippen molar-refractivity contribution in [3.8, 4) is 6.07 Å². The van der Waals surface area contributed by atoms with Crippen molar-refractivity contribution in [3.05, 3.63) is 29.6 Å².